The molecular formula is C11H13BrN4O3. The quantitative estimate of drug-likeness (QED) is 0.754. The van der Waals surface area contributed by atoms with Crippen LogP contribution in [0.4, 0.5) is 0 Å². The van der Waals surface area contributed by atoms with E-state index < -0.39 is 0 Å². The highest BCUT2D eigenvalue weighted by Crippen LogP contribution is 2.21. The number of nitrogens with zero attached hydrogens (tertiary/aromatic N) is 4. The Kier molecular flexibility index (Phi) is 4.67. The van der Waals surface area contributed by atoms with Gasteiger partial charge in [-0.3, -0.25) is 4.79 Å². The topological polar surface area (TPSA) is 83.0 Å². The van der Waals surface area contributed by atoms with Crippen molar-refractivity contribution in [2.45, 2.75) is 26.3 Å². The molecule has 0 radical (unpaired) electrons. The predicted octanol–water partition coefficient (Wildman–Crippen LogP) is 2.04. The summed E-state index contributed by atoms with van der Waals surface area (Å²) in [6, 6.07) is 3.51. The van der Waals surface area contributed by atoms with Crippen molar-refractivity contribution in [1.82, 2.24) is 20.2 Å². The molecule has 8 heteroatoms. The standard InChI is InChI=1S/C11H13BrN4O3/c1-2-18-10(17)4-3-7-16-14-11(13-15-16)8-5-6-9(12)19-8/h5-6H,2-4,7H2,1H3. The number of hydrogen-bond donors (Lipinski definition) is 0. The van der Waals surface area contributed by atoms with Crippen LogP contribution < -0.4 is 0 Å². The number of halogens is 1. The summed E-state index contributed by atoms with van der Waals surface area (Å²) in [7, 11) is 0. The average molecular weight is 329 g/mol. The number of hydrogen-bond acceptors (Lipinski definition) is 6. The second-order valence-electron chi connectivity index (χ2n) is 3.72. The lowest BCUT2D eigenvalue weighted by Crippen LogP contribution is -2.08. The van der Waals surface area contributed by atoms with E-state index in [9.17, 15) is 4.79 Å². The smallest absolute Gasteiger partial charge is 0.305 e. The van der Waals surface area contributed by atoms with E-state index in [-0.39, 0.29) is 5.97 Å². The number of carbonyl (C=O) groups excluding carboxylic acids is 1. The van der Waals surface area contributed by atoms with Crippen LogP contribution in [-0.2, 0) is 16.1 Å². The minimum atomic E-state index is -0.210. The third-order valence-electron chi connectivity index (χ3n) is 2.29. The maximum atomic E-state index is 11.2. The Morgan fingerprint density at radius 3 is 3.05 bits per heavy atom. The van der Waals surface area contributed by atoms with Gasteiger partial charge < -0.3 is 9.15 Å². The van der Waals surface area contributed by atoms with Crippen molar-refractivity contribution in [2.24, 2.45) is 0 Å². The summed E-state index contributed by atoms with van der Waals surface area (Å²) in [6.07, 6.45) is 0.952. The Balaban J connectivity index is 1.86. The molecule has 7 nitrogen and oxygen atoms in total. The molecule has 0 N–H and O–H groups in total. The predicted molar refractivity (Wildman–Crippen MR) is 69.1 cm³/mol. The lowest BCUT2D eigenvalue weighted by Gasteiger charge is -2.00. The van der Waals surface area contributed by atoms with E-state index >= 15 is 0 Å². The van der Waals surface area contributed by atoms with Crippen LogP contribution in [0.25, 0.3) is 11.6 Å². The third kappa shape index (κ3) is 3.88. The Labute approximate surface area is 118 Å². The van der Waals surface area contributed by atoms with Crippen LogP contribution in [-0.4, -0.2) is 32.8 Å². The molecule has 0 amide bonds. The summed E-state index contributed by atoms with van der Waals surface area (Å²) < 4.78 is 10.8. The highest BCUT2D eigenvalue weighted by Gasteiger charge is 2.10. The van der Waals surface area contributed by atoms with Gasteiger partial charge in [0.25, 0.3) is 0 Å². The second kappa shape index (κ2) is 6.46. The molecule has 2 aromatic heterocycles. The van der Waals surface area contributed by atoms with Gasteiger partial charge in [0.05, 0.1) is 13.2 Å². The Morgan fingerprint density at radius 1 is 1.53 bits per heavy atom. The number of aryl methyl sites for hydroxylation is 1. The zero-order valence-corrected chi connectivity index (χ0v) is 12.0. The molecule has 0 fully saturated rings. The Bertz CT molecular complexity index is 552. The average Bonchev–Trinajstić information content (AvgIpc) is 2.98. The summed E-state index contributed by atoms with van der Waals surface area (Å²) in [4.78, 5) is 12.6. The number of aromatic nitrogens is 4. The maximum absolute atomic E-state index is 11.2. The van der Waals surface area contributed by atoms with Crippen LogP contribution in [0, 0.1) is 0 Å². The molecule has 19 heavy (non-hydrogen) atoms. The molecule has 0 aliphatic rings. The second-order valence-corrected chi connectivity index (χ2v) is 4.50. The molecule has 0 aromatic carbocycles. The van der Waals surface area contributed by atoms with Gasteiger partial charge in [-0.05, 0) is 46.6 Å². The van der Waals surface area contributed by atoms with E-state index in [2.05, 4.69) is 31.3 Å². The fraction of sp³-hybridized carbons (Fsp3) is 0.455. The van der Waals surface area contributed by atoms with Crippen molar-refractivity contribution in [1.29, 1.82) is 0 Å². The lowest BCUT2D eigenvalue weighted by molar-refractivity contribution is -0.143. The Morgan fingerprint density at radius 2 is 2.37 bits per heavy atom. The lowest BCUT2D eigenvalue weighted by atomic mass is 10.3. The molecular weight excluding hydrogens is 316 g/mol. The highest BCUT2D eigenvalue weighted by atomic mass is 79.9. The van der Waals surface area contributed by atoms with E-state index in [4.69, 9.17) is 9.15 Å². The number of carbonyl (C=O) groups is 1. The molecule has 0 spiro atoms. The van der Waals surface area contributed by atoms with Crippen LogP contribution in [0.1, 0.15) is 19.8 Å². The van der Waals surface area contributed by atoms with Gasteiger partial charge in [-0.2, -0.15) is 4.80 Å². The summed E-state index contributed by atoms with van der Waals surface area (Å²) in [5.41, 5.74) is 0. The zero-order valence-electron chi connectivity index (χ0n) is 10.4. The fourth-order valence-corrected chi connectivity index (χ4v) is 1.78. The van der Waals surface area contributed by atoms with E-state index in [0.717, 1.165) is 0 Å². The van der Waals surface area contributed by atoms with Gasteiger partial charge in [0, 0.05) is 6.42 Å². The van der Waals surface area contributed by atoms with Gasteiger partial charge in [0.15, 0.2) is 10.4 Å². The molecule has 2 heterocycles. The van der Waals surface area contributed by atoms with Gasteiger partial charge in [-0.25, -0.2) is 0 Å². The molecule has 0 bridgehead atoms. The molecule has 0 saturated heterocycles. The first kappa shape index (κ1) is 13.7. The minimum Gasteiger partial charge on any atom is -0.466 e. The van der Waals surface area contributed by atoms with Crippen molar-refractivity contribution in [3.63, 3.8) is 0 Å². The molecule has 2 aromatic rings. The van der Waals surface area contributed by atoms with Crippen molar-refractivity contribution in [3.8, 4) is 11.6 Å². The largest absolute Gasteiger partial charge is 0.466 e. The van der Waals surface area contributed by atoms with Gasteiger partial charge in [0.1, 0.15) is 0 Å². The van der Waals surface area contributed by atoms with Gasteiger partial charge in [-0.1, -0.05) is 0 Å². The number of ether oxygens (including phenoxy) is 1. The van der Waals surface area contributed by atoms with E-state index in [1.807, 2.05) is 0 Å². The molecule has 0 atom stereocenters. The van der Waals surface area contributed by atoms with Gasteiger partial charge >= 0.3 is 5.97 Å². The molecule has 2 rings (SSSR count). The third-order valence-corrected chi connectivity index (χ3v) is 2.72. The summed E-state index contributed by atoms with van der Waals surface area (Å²) in [5, 5.41) is 11.9. The zero-order chi connectivity index (χ0) is 13.7. The van der Waals surface area contributed by atoms with Gasteiger partial charge in [-0.15, -0.1) is 10.2 Å². The van der Waals surface area contributed by atoms with Crippen LogP contribution >= 0.6 is 15.9 Å². The van der Waals surface area contributed by atoms with Crippen molar-refractivity contribution < 1.29 is 13.9 Å². The first-order valence-electron chi connectivity index (χ1n) is 5.88. The molecule has 102 valence electrons. The SMILES string of the molecule is CCOC(=O)CCCn1nnc(-c2ccc(Br)o2)n1. The van der Waals surface area contributed by atoms with Crippen LogP contribution in [0.5, 0.6) is 0 Å². The first-order valence-corrected chi connectivity index (χ1v) is 6.67. The Hall–Kier alpha value is -1.70. The van der Waals surface area contributed by atoms with Crippen molar-refractivity contribution in [2.75, 3.05) is 6.61 Å². The van der Waals surface area contributed by atoms with E-state index in [0.29, 0.717) is 42.2 Å². The summed E-state index contributed by atoms with van der Waals surface area (Å²) >= 11 is 3.21. The molecule has 0 aliphatic carbocycles. The van der Waals surface area contributed by atoms with E-state index in [1.54, 1.807) is 19.1 Å². The summed E-state index contributed by atoms with van der Waals surface area (Å²) in [6.45, 7) is 2.69. The van der Waals surface area contributed by atoms with Crippen LogP contribution in [0.15, 0.2) is 21.2 Å². The maximum Gasteiger partial charge on any atom is 0.305 e. The monoisotopic (exact) mass is 328 g/mol. The number of furan rings is 1. The number of rotatable bonds is 6. The molecule has 0 aliphatic heterocycles. The normalized spacial score (nSPS) is 10.6. The fourth-order valence-electron chi connectivity index (χ4n) is 1.47. The van der Waals surface area contributed by atoms with Crippen molar-refractivity contribution in [3.05, 3.63) is 16.8 Å². The van der Waals surface area contributed by atoms with Gasteiger partial charge in [0.2, 0.25) is 5.82 Å². The van der Waals surface area contributed by atoms with E-state index in [1.165, 1.54) is 4.80 Å². The molecule has 0 saturated carbocycles. The van der Waals surface area contributed by atoms with Crippen LogP contribution in [0.2, 0.25) is 0 Å². The molecule has 0 unspecified atom stereocenters. The minimum absolute atomic E-state index is 0.210. The van der Waals surface area contributed by atoms with Crippen LogP contribution in [0.3, 0.4) is 0 Å². The number of tetrazole rings is 1. The number of esters is 1. The highest BCUT2D eigenvalue weighted by molar-refractivity contribution is 9.10. The summed E-state index contributed by atoms with van der Waals surface area (Å²) in [5.74, 6) is 0.753. The van der Waals surface area contributed by atoms with Crippen molar-refractivity contribution >= 4 is 21.9 Å². The first-order chi connectivity index (χ1) is 9.19.